The molecule has 6 heteroatoms. The van der Waals surface area contributed by atoms with E-state index < -0.39 is 6.29 Å². The Balaban J connectivity index is 3.73. The smallest absolute Gasteiger partial charge is 0.194 e. The summed E-state index contributed by atoms with van der Waals surface area (Å²) >= 11 is 0. The summed E-state index contributed by atoms with van der Waals surface area (Å²) in [5.41, 5.74) is 0. The summed E-state index contributed by atoms with van der Waals surface area (Å²) < 4.78 is 10.0. The van der Waals surface area contributed by atoms with Crippen LogP contribution in [0, 0.1) is 4.91 Å². The molecule has 0 rings (SSSR count). The Kier molecular flexibility index (Phi) is 7.47. The Morgan fingerprint density at radius 3 is 2.62 bits per heavy atom. The van der Waals surface area contributed by atoms with Gasteiger partial charge in [-0.05, 0) is 6.42 Å². The predicted molar refractivity (Wildman–Crippen MR) is 44.8 cm³/mol. The van der Waals surface area contributed by atoms with Crippen LogP contribution in [0.1, 0.15) is 13.3 Å². The second-order valence-electron chi connectivity index (χ2n) is 2.38. The number of nitrogens with zero attached hydrogens (tertiary/aromatic N) is 1. The summed E-state index contributed by atoms with van der Waals surface area (Å²) in [7, 11) is 1.42. The van der Waals surface area contributed by atoms with Crippen LogP contribution in [-0.4, -0.2) is 37.8 Å². The van der Waals surface area contributed by atoms with E-state index >= 15 is 0 Å². The molecule has 2 atom stereocenters. The van der Waals surface area contributed by atoms with Crippen LogP contribution in [0.25, 0.3) is 0 Å². The van der Waals surface area contributed by atoms with Crippen molar-refractivity contribution in [2.75, 3.05) is 20.3 Å². The van der Waals surface area contributed by atoms with Crippen LogP contribution in [0.4, 0.5) is 0 Å². The maximum Gasteiger partial charge on any atom is 0.194 e. The van der Waals surface area contributed by atoms with E-state index in [1.165, 1.54) is 7.11 Å². The number of ether oxygens (including phenoxy) is 2. The first kappa shape index (κ1) is 12.3. The first-order chi connectivity index (χ1) is 6.28. The molecule has 0 aromatic carbocycles. The van der Waals surface area contributed by atoms with Gasteiger partial charge in [-0.25, -0.2) is 0 Å². The van der Waals surface area contributed by atoms with E-state index in [0.29, 0.717) is 6.42 Å². The van der Waals surface area contributed by atoms with Crippen molar-refractivity contribution in [3.63, 3.8) is 0 Å². The first-order valence-corrected chi connectivity index (χ1v) is 4.02. The van der Waals surface area contributed by atoms with Crippen molar-refractivity contribution in [1.29, 1.82) is 0 Å². The van der Waals surface area contributed by atoms with Crippen molar-refractivity contribution in [2.45, 2.75) is 25.7 Å². The Labute approximate surface area is 76.7 Å². The zero-order valence-corrected chi connectivity index (χ0v) is 7.80. The van der Waals surface area contributed by atoms with Crippen molar-refractivity contribution in [1.82, 2.24) is 0 Å². The molecular weight excluding hydrogens is 178 g/mol. The van der Waals surface area contributed by atoms with Gasteiger partial charge >= 0.3 is 0 Å². The maximum atomic E-state index is 9.62. The van der Waals surface area contributed by atoms with Crippen LogP contribution in [0.5, 0.6) is 0 Å². The van der Waals surface area contributed by atoms with Crippen molar-refractivity contribution >= 4 is 0 Å². The average Bonchev–Trinajstić information content (AvgIpc) is 2.19. The molecule has 0 spiro atoms. The highest BCUT2D eigenvalue weighted by molar-refractivity contribution is 4.53. The summed E-state index contributed by atoms with van der Waals surface area (Å²) in [6, 6.07) is 0. The monoisotopic (exact) mass is 193 g/mol. The fourth-order valence-electron chi connectivity index (χ4n) is 0.737. The lowest BCUT2D eigenvalue weighted by molar-refractivity contribution is -0.190. The Bertz CT molecular complexity index is 128. The number of rotatable bonds is 8. The van der Waals surface area contributed by atoms with Crippen molar-refractivity contribution < 1.29 is 19.4 Å². The van der Waals surface area contributed by atoms with Gasteiger partial charge in [-0.1, -0.05) is 6.92 Å². The largest absolute Gasteiger partial charge is 0.394 e. The summed E-state index contributed by atoms with van der Waals surface area (Å²) in [5, 5.41) is 11.0. The molecule has 6 nitrogen and oxygen atoms in total. The van der Waals surface area contributed by atoms with E-state index in [2.05, 4.69) is 10.2 Å². The second-order valence-corrected chi connectivity index (χ2v) is 2.38. The molecule has 0 saturated heterocycles. The first-order valence-electron chi connectivity index (χ1n) is 4.02. The van der Waals surface area contributed by atoms with E-state index in [1.807, 2.05) is 6.92 Å². The summed E-state index contributed by atoms with van der Waals surface area (Å²) in [5.74, 6) is 0. The van der Waals surface area contributed by atoms with Crippen LogP contribution in [0.15, 0.2) is 5.34 Å². The molecule has 0 bridgehead atoms. The van der Waals surface area contributed by atoms with Crippen LogP contribution in [-0.2, 0) is 14.3 Å². The predicted octanol–water partition coefficient (Wildman–Crippen LogP) is 0.444. The molecule has 0 radical (unpaired) electrons. The number of aliphatic hydroxyl groups excluding tert-OH is 1. The third-order valence-corrected chi connectivity index (χ3v) is 1.53. The van der Waals surface area contributed by atoms with Gasteiger partial charge < -0.3 is 19.4 Å². The van der Waals surface area contributed by atoms with Gasteiger partial charge in [0.25, 0.3) is 0 Å². The van der Waals surface area contributed by atoms with Crippen molar-refractivity contribution in [3.8, 4) is 0 Å². The van der Waals surface area contributed by atoms with Crippen LogP contribution < -0.4 is 0 Å². The third-order valence-electron chi connectivity index (χ3n) is 1.53. The molecular formula is C7H15NO5. The highest BCUT2D eigenvalue weighted by atomic mass is 16.8. The van der Waals surface area contributed by atoms with Gasteiger partial charge in [0.05, 0.1) is 12.7 Å². The summed E-state index contributed by atoms with van der Waals surface area (Å²) in [6.07, 6.45) is -0.319. The normalized spacial score (nSPS) is 15.0. The fraction of sp³-hybridized carbons (Fsp3) is 1.00. The van der Waals surface area contributed by atoms with E-state index in [0.717, 1.165) is 0 Å². The molecule has 1 N–H and O–H groups in total. The quantitative estimate of drug-likeness (QED) is 0.344. The van der Waals surface area contributed by atoms with Crippen molar-refractivity contribution in [2.24, 2.45) is 5.34 Å². The number of hydrogen-bond donors (Lipinski definition) is 1. The molecule has 13 heavy (non-hydrogen) atoms. The van der Waals surface area contributed by atoms with E-state index in [4.69, 9.17) is 14.6 Å². The molecule has 0 fully saturated rings. The lowest BCUT2D eigenvalue weighted by Crippen LogP contribution is -2.29. The minimum absolute atomic E-state index is 0.0729. The molecule has 0 amide bonds. The summed E-state index contributed by atoms with van der Waals surface area (Å²) in [6.45, 7) is 1.70. The van der Waals surface area contributed by atoms with Gasteiger partial charge in [-0.15, -0.1) is 4.91 Å². The van der Waals surface area contributed by atoms with Gasteiger partial charge in [0.15, 0.2) is 18.2 Å². The number of methoxy groups -OCH3 is 1. The topological polar surface area (TPSA) is 77.4 Å². The standard InChI is InChI=1S/C7H15NO5/c1-3-6(4-9)13-7(11-2)5-12-8-10/h6-7,9H,3-5H2,1-2H3. The zero-order chi connectivity index (χ0) is 10.1. The van der Waals surface area contributed by atoms with Crippen LogP contribution >= 0.6 is 0 Å². The fourth-order valence-corrected chi connectivity index (χ4v) is 0.737. The Morgan fingerprint density at radius 1 is 1.54 bits per heavy atom. The molecule has 0 aromatic heterocycles. The molecule has 0 aromatic rings. The van der Waals surface area contributed by atoms with Crippen molar-refractivity contribution in [3.05, 3.63) is 4.91 Å². The average molecular weight is 193 g/mol. The van der Waals surface area contributed by atoms with Gasteiger partial charge in [-0.2, -0.15) is 0 Å². The Morgan fingerprint density at radius 2 is 2.23 bits per heavy atom. The molecule has 78 valence electrons. The Hall–Kier alpha value is -0.720. The van der Waals surface area contributed by atoms with E-state index in [1.54, 1.807) is 0 Å². The molecule has 0 aliphatic carbocycles. The molecule has 0 saturated carbocycles. The zero-order valence-electron chi connectivity index (χ0n) is 7.80. The van der Waals surface area contributed by atoms with Crippen LogP contribution in [0.2, 0.25) is 0 Å². The van der Waals surface area contributed by atoms with E-state index in [9.17, 15) is 4.91 Å². The second kappa shape index (κ2) is 7.90. The molecule has 0 aliphatic heterocycles. The summed E-state index contributed by atoms with van der Waals surface area (Å²) in [4.78, 5) is 13.8. The van der Waals surface area contributed by atoms with E-state index in [-0.39, 0.29) is 19.3 Å². The molecule has 0 heterocycles. The van der Waals surface area contributed by atoms with Gasteiger partial charge in [0.1, 0.15) is 0 Å². The highest BCUT2D eigenvalue weighted by Crippen LogP contribution is 2.03. The molecule has 2 unspecified atom stereocenters. The highest BCUT2D eigenvalue weighted by Gasteiger charge is 2.14. The minimum atomic E-state index is -0.671. The van der Waals surface area contributed by atoms with Gasteiger partial charge in [-0.3, -0.25) is 0 Å². The van der Waals surface area contributed by atoms with Crippen LogP contribution in [0.3, 0.4) is 0 Å². The number of hydrogen-bond acceptors (Lipinski definition) is 6. The minimum Gasteiger partial charge on any atom is -0.394 e. The van der Waals surface area contributed by atoms with Gasteiger partial charge in [0, 0.05) is 7.11 Å². The lowest BCUT2D eigenvalue weighted by atomic mass is 10.3. The number of aliphatic hydroxyl groups is 1. The van der Waals surface area contributed by atoms with Gasteiger partial charge in [0.2, 0.25) is 0 Å². The maximum absolute atomic E-state index is 9.62. The SMILES string of the molecule is CCC(CO)OC(CON=O)OC. The molecule has 0 aliphatic rings. The lowest BCUT2D eigenvalue weighted by Gasteiger charge is -2.19. The third kappa shape index (κ3) is 5.51.